The van der Waals surface area contributed by atoms with E-state index in [4.69, 9.17) is 4.74 Å². The summed E-state index contributed by atoms with van der Waals surface area (Å²) < 4.78 is 6.50. The second-order valence-corrected chi connectivity index (χ2v) is 8.74. The van der Waals surface area contributed by atoms with Gasteiger partial charge in [0, 0.05) is 10.2 Å². The molecule has 0 aromatic heterocycles. The fraction of sp³-hybridized carbons (Fsp3) is 1.00. The number of hydrogen-bond donors (Lipinski definition) is 0. The van der Waals surface area contributed by atoms with Gasteiger partial charge < -0.3 is 4.74 Å². The van der Waals surface area contributed by atoms with E-state index in [1.807, 2.05) is 0 Å². The standard InChI is InChI=1S/C16H27BrO/c1-15(2)9-5-12(6-10-15)18-14-11-13(17)16(14)7-3-4-8-16/h12-14H,3-11H2,1-2H3. The lowest BCUT2D eigenvalue weighted by Crippen LogP contribution is -2.55. The molecule has 0 aliphatic heterocycles. The van der Waals surface area contributed by atoms with Crippen LogP contribution in [0.15, 0.2) is 0 Å². The molecule has 0 amide bonds. The highest BCUT2D eigenvalue weighted by Crippen LogP contribution is 2.58. The molecule has 0 saturated heterocycles. The van der Waals surface area contributed by atoms with E-state index in [9.17, 15) is 0 Å². The Kier molecular flexibility index (Phi) is 3.56. The molecule has 3 fully saturated rings. The number of halogens is 1. The Bertz CT molecular complexity index is 296. The number of rotatable bonds is 2. The zero-order valence-corrected chi connectivity index (χ0v) is 13.5. The highest BCUT2D eigenvalue weighted by molar-refractivity contribution is 9.09. The van der Waals surface area contributed by atoms with Crippen molar-refractivity contribution < 1.29 is 4.74 Å². The van der Waals surface area contributed by atoms with Gasteiger partial charge in [0.2, 0.25) is 0 Å². The van der Waals surface area contributed by atoms with Crippen molar-refractivity contribution in [1.29, 1.82) is 0 Å². The van der Waals surface area contributed by atoms with Crippen molar-refractivity contribution >= 4 is 15.9 Å². The molecular weight excluding hydrogens is 288 g/mol. The van der Waals surface area contributed by atoms with Gasteiger partial charge in [0.15, 0.2) is 0 Å². The van der Waals surface area contributed by atoms with E-state index in [0.29, 0.717) is 23.0 Å². The van der Waals surface area contributed by atoms with Crippen molar-refractivity contribution in [2.45, 2.75) is 88.7 Å². The molecule has 0 bridgehead atoms. The van der Waals surface area contributed by atoms with E-state index in [-0.39, 0.29) is 0 Å². The number of ether oxygens (including phenoxy) is 1. The normalized spacial score (nSPS) is 38.8. The lowest BCUT2D eigenvalue weighted by atomic mass is 9.64. The minimum Gasteiger partial charge on any atom is -0.374 e. The molecule has 1 spiro atoms. The molecule has 104 valence electrons. The first-order valence-corrected chi connectivity index (χ1v) is 8.73. The SMILES string of the molecule is CC1(C)CCC(OC2CC(Br)C23CCCC3)CC1. The predicted molar refractivity (Wildman–Crippen MR) is 79.1 cm³/mol. The van der Waals surface area contributed by atoms with Gasteiger partial charge in [-0.15, -0.1) is 0 Å². The van der Waals surface area contributed by atoms with Crippen molar-refractivity contribution in [3.05, 3.63) is 0 Å². The van der Waals surface area contributed by atoms with Crippen LogP contribution < -0.4 is 0 Å². The fourth-order valence-electron chi connectivity index (χ4n) is 4.30. The van der Waals surface area contributed by atoms with Crippen LogP contribution in [-0.2, 0) is 4.74 Å². The van der Waals surface area contributed by atoms with Crippen LogP contribution in [0.3, 0.4) is 0 Å². The fourth-order valence-corrected chi connectivity index (χ4v) is 5.39. The van der Waals surface area contributed by atoms with Gasteiger partial charge in [0.25, 0.3) is 0 Å². The predicted octanol–water partition coefficient (Wildman–Crippen LogP) is 5.07. The lowest BCUT2D eigenvalue weighted by molar-refractivity contribution is -0.146. The van der Waals surface area contributed by atoms with E-state index >= 15 is 0 Å². The Labute approximate surface area is 120 Å². The van der Waals surface area contributed by atoms with Crippen LogP contribution in [0.1, 0.15) is 71.6 Å². The highest BCUT2D eigenvalue weighted by Gasteiger charge is 2.56. The topological polar surface area (TPSA) is 9.23 Å². The smallest absolute Gasteiger partial charge is 0.0656 e. The van der Waals surface area contributed by atoms with Crippen molar-refractivity contribution in [1.82, 2.24) is 0 Å². The maximum atomic E-state index is 6.50. The van der Waals surface area contributed by atoms with Crippen molar-refractivity contribution in [2.75, 3.05) is 0 Å². The molecule has 3 saturated carbocycles. The molecule has 2 atom stereocenters. The van der Waals surface area contributed by atoms with Crippen LogP contribution in [0.4, 0.5) is 0 Å². The molecule has 3 aliphatic rings. The van der Waals surface area contributed by atoms with Crippen molar-refractivity contribution in [2.24, 2.45) is 10.8 Å². The van der Waals surface area contributed by atoms with Gasteiger partial charge in [-0.05, 0) is 50.4 Å². The van der Waals surface area contributed by atoms with Gasteiger partial charge in [0.1, 0.15) is 0 Å². The Balaban J connectivity index is 1.55. The molecule has 2 heteroatoms. The van der Waals surface area contributed by atoms with Crippen LogP contribution in [0.5, 0.6) is 0 Å². The zero-order valence-electron chi connectivity index (χ0n) is 11.9. The Morgan fingerprint density at radius 2 is 1.61 bits per heavy atom. The van der Waals surface area contributed by atoms with Crippen LogP contribution in [0.2, 0.25) is 0 Å². The van der Waals surface area contributed by atoms with Crippen LogP contribution in [0, 0.1) is 10.8 Å². The quantitative estimate of drug-likeness (QED) is 0.647. The first-order valence-electron chi connectivity index (χ1n) is 7.81. The Morgan fingerprint density at radius 1 is 1.00 bits per heavy atom. The molecule has 0 heterocycles. The molecule has 3 rings (SSSR count). The molecule has 0 aromatic rings. The maximum Gasteiger partial charge on any atom is 0.0656 e. The van der Waals surface area contributed by atoms with Gasteiger partial charge in [-0.1, -0.05) is 42.6 Å². The Morgan fingerprint density at radius 3 is 2.17 bits per heavy atom. The molecular formula is C16H27BrO. The van der Waals surface area contributed by atoms with E-state index in [0.717, 1.165) is 4.83 Å². The van der Waals surface area contributed by atoms with E-state index in [1.165, 1.54) is 57.8 Å². The summed E-state index contributed by atoms with van der Waals surface area (Å²) in [6.07, 6.45) is 13.2. The van der Waals surface area contributed by atoms with E-state index < -0.39 is 0 Å². The number of hydrogen-bond acceptors (Lipinski definition) is 1. The molecule has 0 N–H and O–H groups in total. The second kappa shape index (κ2) is 4.77. The van der Waals surface area contributed by atoms with E-state index in [2.05, 4.69) is 29.8 Å². The third kappa shape index (κ3) is 2.28. The molecule has 18 heavy (non-hydrogen) atoms. The largest absolute Gasteiger partial charge is 0.374 e. The van der Waals surface area contributed by atoms with Crippen LogP contribution in [0.25, 0.3) is 0 Å². The molecule has 3 aliphatic carbocycles. The lowest BCUT2D eigenvalue weighted by Gasteiger charge is -2.53. The summed E-state index contributed by atoms with van der Waals surface area (Å²) in [7, 11) is 0. The minimum absolute atomic E-state index is 0.521. The summed E-state index contributed by atoms with van der Waals surface area (Å²) in [4.78, 5) is 0.734. The average Bonchev–Trinajstić information content (AvgIpc) is 2.83. The van der Waals surface area contributed by atoms with E-state index in [1.54, 1.807) is 0 Å². The van der Waals surface area contributed by atoms with Crippen molar-refractivity contribution in [3.8, 4) is 0 Å². The van der Waals surface area contributed by atoms with Crippen LogP contribution in [-0.4, -0.2) is 17.0 Å². The van der Waals surface area contributed by atoms with Crippen molar-refractivity contribution in [3.63, 3.8) is 0 Å². The summed E-state index contributed by atoms with van der Waals surface area (Å²) in [6.45, 7) is 4.80. The van der Waals surface area contributed by atoms with Gasteiger partial charge >= 0.3 is 0 Å². The van der Waals surface area contributed by atoms with Gasteiger partial charge in [-0.25, -0.2) is 0 Å². The number of alkyl halides is 1. The summed E-state index contributed by atoms with van der Waals surface area (Å²) >= 11 is 3.89. The minimum atomic E-state index is 0.521. The Hall–Kier alpha value is 0.440. The summed E-state index contributed by atoms with van der Waals surface area (Å²) in [5, 5.41) is 0. The third-order valence-electron chi connectivity index (χ3n) is 5.86. The zero-order chi connectivity index (χ0) is 12.8. The van der Waals surface area contributed by atoms with Gasteiger partial charge in [0.05, 0.1) is 12.2 Å². The second-order valence-electron chi connectivity index (χ2n) is 7.63. The van der Waals surface area contributed by atoms with Gasteiger partial charge in [-0.2, -0.15) is 0 Å². The average molecular weight is 315 g/mol. The van der Waals surface area contributed by atoms with Crippen LogP contribution >= 0.6 is 15.9 Å². The monoisotopic (exact) mass is 314 g/mol. The molecule has 1 nitrogen and oxygen atoms in total. The summed E-state index contributed by atoms with van der Waals surface area (Å²) in [6, 6.07) is 0. The maximum absolute atomic E-state index is 6.50. The molecule has 0 aromatic carbocycles. The third-order valence-corrected chi connectivity index (χ3v) is 7.15. The molecule has 2 unspecified atom stereocenters. The first kappa shape index (κ1) is 13.4. The van der Waals surface area contributed by atoms with Gasteiger partial charge in [-0.3, -0.25) is 0 Å². The highest BCUT2D eigenvalue weighted by atomic mass is 79.9. The molecule has 0 radical (unpaired) electrons. The first-order chi connectivity index (χ1) is 8.52. The summed E-state index contributed by atoms with van der Waals surface area (Å²) in [5.74, 6) is 0. The summed E-state index contributed by atoms with van der Waals surface area (Å²) in [5.41, 5.74) is 1.08.